The molecule has 0 aromatic heterocycles. The van der Waals surface area contributed by atoms with Crippen LogP contribution in [0.2, 0.25) is 0 Å². The molecule has 18 heavy (non-hydrogen) atoms. The second-order valence-corrected chi connectivity index (χ2v) is 5.39. The van der Waals surface area contributed by atoms with E-state index in [0.29, 0.717) is 5.92 Å². The summed E-state index contributed by atoms with van der Waals surface area (Å²) in [5.41, 5.74) is 1.29. The third-order valence-electron chi connectivity index (χ3n) is 4.49. The number of piperidine rings is 1. The first kappa shape index (κ1) is 13.5. The van der Waals surface area contributed by atoms with Crippen LogP contribution in [0.3, 0.4) is 0 Å². The molecular weight excluding hydrogens is 225 g/mol. The normalized spacial score (nSPS) is 24.4. The first-order chi connectivity index (χ1) is 8.76. The zero-order chi connectivity index (χ0) is 13.0. The van der Waals surface area contributed by atoms with Crippen molar-refractivity contribution in [2.75, 3.05) is 13.1 Å². The van der Waals surface area contributed by atoms with Crippen LogP contribution in [-0.2, 0) is 0 Å². The Labute approximate surface area is 110 Å². The van der Waals surface area contributed by atoms with Crippen molar-refractivity contribution in [3.63, 3.8) is 0 Å². The number of rotatable bonds is 4. The van der Waals surface area contributed by atoms with Gasteiger partial charge < -0.3 is 5.32 Å². The van der Waals surface area contributed by atoms with E-state index in [1.807, 2.05) is 12.1 Å². The maximum absolute atomic E-state index is 13.0. The summed E-state index contributed by atoms with van der Waals surface area (Å²) in [6.07, 6.45) is 3.74. The summed E-state index contributed by atoms with van der Waals surface area (Å²) in [6.45, 7) is 6.74. The lowest BCUT2D eigenvalue weighted by Crippen LogP contribution is -2.38. The molecule has 1 heterocycles. The van der Waals surface area contributed by atoms with E-state index in [1.165, 1.54) is 24.8 Å². The van der Waals surface area contributed by atoms with Crippen molar-refractivity contribution < 1.29 is 4.39 Å². The van der Waals surface area contributed by atoms with E-state index >= 15 is 0 Å². The van der Waals surface area contributed by atoms with E-state index in [4.69, 9.17) is 0 Å². The van der Waals surface area contributed by atoms with Crippen molar-refractivity contribution in [1.29, 1.82) is 0 Å². The van der Waals surface area contributed by atoms with Crippen LogP contribution >= 0.6 is 0 Å². The van der Waals surface area contributed by atoms with Gasteiger partial charge in [0.1, 0.15) is 5.82 Å². The molecule has 1 aliphatic heterocycles. The van der Waals surface area contributed by atoms with Gasteiger partial charge in [-0.2, -0.15) is 0 Å². The van der Waals surface area contributed by atoms with Crippen molar-refractivity contribution in [3.8, 4) is 0 Å². The van der Waals surface area contributed by atoms with Crippen molar-refractivity contribution in [2.45, 2.75) is 39.0 Å². The second-order valence-electron chi connectivity index (χ2n) is 5.39. The molecule has 100 valence electrons. The molecule has 1 aromatic rings. The first-order valence-electron chi connectivity index (χ1n) is 7.22. The highest BCUT2D eigenvalue weighted by molar-refractivity contribution is 5.22. The minimum Gasteiger partial charge on any atom is -0.316 e. The third-order valence-corrected chi connectivity index (χ3v) is 4.49. The average molecular weight is 249 g/mol. The van der Waals surface area contributed by atoms with Gasteiger partial charge in [-0.1, -0.05) is 38.8 Å². The highest BCUT2D eigenvalue weighted by Gasteiger charge is 2.30. The Hall–Kier alpha value is -0.890. The van der Waals surface area contributed by atoms with Crippen molar-refractivity contribution in [1.82, 2.24) is 5.32 Å². The molecule has 0 saturated carbocycles. The van der Waals surface area contributed by atoms with Crippen LogP contribution in [0.25, 0.3) is 0 Å². The van der Waals surface area contributed by atoms with E-state index < -0.39 is 0 Å². The third kappa shape index (κ3) is 2.92. The molecular formula is C16H24FN. The summed E-state index contributed by atoms with van der Waals surface area (Å²) in [5.74, 6) is 1.94. The fourth-order valence-corrected chi connectivity index (χ4v) is 3.41. The maximum Gasteiger partial charge on any atom is 0.123 e. The minimum absolute atomic E-state index is 0.137. The lowest BCUT2D eigenvalue weighted by atomic mass is 9.72. The summed E-state index contributed by atoms with van der Waals surface area (Å²) in [7, 11) is 0. The van der Waals surface area contributed by atoms with Crippen molar-refractivity contribution in [3.05, 3.63) is 35.6 Å². The number of halogens is 1. The highest BCUT2D eigenvalue weighted by atomic mass is 19.1. The lowest BCUT2D eigenvalue weighted by Gasteiger charge is -2.37. The monoisotopic (exact) mass is 249 g/mol. The van der Waals surface area contributed by atoms with Gasteiger partial charge in [-0.3, -0.25) is 0 Å². The van der Waals surface area contributed by atoms with Crippen LogP contribution in [0.15, 0.2) is 24.3 Å². The number of hydrogen-bond donors (Lipinski definition) is 1. The van der Waals surface area contributed by atoms with Crippen LogP contribution in [0, 0.1) is 17.7 Å². The van der Waals surface area contributed by atoms with E-state index in [-0.39, 0.29) is 5.82 Å². The Balaban J connectivity index is 2.19. The lowest BCUT2D eigenvalue weighted by molar-refractivity contribution is 0.213. The molecule has 1 aliphatic rings. The Bertz CT molecular complexity index is 356. The van der Waals surface area contributed by atoms with E-state index in [9.17, 15) is 4.39 Å². The summed E-state index contributed by atoms with van der Waals surface area (Å²) >= 11 is 0. The van der Waals surface area contributed by atoms with E-state index in [1.54, 1.807) is 12.1 Å². The zero-order valence-corrected chi connectivity index (χ0v) is 11.5. The van der Waals surface area contributed by atoms with Crippen molar-refractivity contribution >= 4 is 0 Å². The molecule has 1 saturated heterocycles. The Morgan fingerprint density at radius 1 is 1.22 bits per heavy atom. The maximum atomic E-state index is 13.0. The molecule has 1 fully saturated rings. The minimum atomic E-state index is -0.137. The molecule has 2 rings (SSSR count). The number of hydrogen-bond acceptors (Lipinski definition) is 1. The predicted molar refractivity (Wildman–Crippen MR) is 74.2 cm³/mol. The van der Waals surface area contributed by atoms with Gasteiger partial charge >= 0.3 is 0 Å². The van der Waals surface area contributed by atoms with Gasteiger partial charge in [0.25, 0.3) is 0 Å². The molecule has 0 spiro atoms. The summed E-state index contributed by atoms with van der Waals surface area (Å²) < 4.78 is 13.0. The van der Waals surface area contributed by atoms with Crippen LogP contribution in [0.4, 0.5) is 4.39 Å². The molecule has 0 radical (unpaired) electrons. The largest absolute Gasteiger partial charge is 0.316 e. The van der Waals surface area contributed by atoms with Crippen LogP contribution < -0.4 is 5.32 Å². The summed E-state index contributed by atoms with van der Waals surface area (Å²) in [6, 6.07) is 7.10. The topological polar surface area (TPSA) is 12.0 Å². The molecule has 0 amide bonds. The van der Waals surface area contributed by atoms with Gasteiger partial charge in [0.15, 0.2) is 0 Å². The van der Waals surface area contributed by atoms with Gasteiger partial charge in [0.05, 0.1) is 0 Å². The number of nitrogens with one attached hydrogen (secondary N) is 1. The smallest absolute Gasteiger partial charge is 0.123 e. The van der Waals surface area contributed by atoms with Crippen LogP contribution in [0.1, 0.15) is 44.6 Å². The van der Waals surface area contributed by atoms with Gasteiger partial charge in [0, 0.05) is 6.54 Å². The Morgan fingerprint density at radius 3 is 2.50 bits per heavy atom. The fraction of sp³-hybridized carbons (Fsp3) is 0.625. The zero-order valence-electron chi connectivity index (χ0n) is 11.5. The Kier molecular flexibility index (Phi) is 4.76. The molecule has 2 atom stereocenters. The van der Waals surface area contributed by atoms with Gasteiger partial charge in [-0.25, -0.2) is 4.39 Å². The summed E-state index contributed by atoms with van der Waals surface area (Å²) in [4.78, 5) is 0. The molecule has 0 aliphatic carbocycles. The molecule has 1 N–H and O–H groups in total. The van der Waals surface area contributed by atoms with Crippen molar-refractivity contribution in [2.24, 2.45) is 11.8 Å². The quantitative estimate of drug-likeness (QED) is 0.852. The first-order valence-corrected chi connectivity index (χ1v) is 7.22. The average Bonchev–Trinajstić information content (AvgIpc) is 2.42. The van der Waals surface area contributed by atoms with E-state index in [0.717, 1.165) is 24.9 Å². The SMILES string of the molecule is CCC(CC)C1CCNCC1c1ccc(F)cc1. The fourth-order valence-electron chi connectivity index (χ4n) is 3.41. The van der Waals surface area contributed by atoms with E-state index in [2.05, 4.69) is 19.2 Å². The van der Waals surface area contributed by atoms with Gasteiger partial charge in [-0.05, 0) is 48.4 Å². The number of benzene rings is 1. The second kappa shape index (κ2) is 6.33. The van der Waals surface area contributed by atoms with Gasteiger partial charge in [-0.15, -0.1) is 0 Å². The molecule has 0 bridgehead atoms. The highest BCUT2D eigenvalue weighted by Crippen LogP contribution is 2.37. The van der Waals surface area contributed by atoms with Gasteiger partial charge in [0.2, 0.25) is 0 Å². The van der Waals surface area contributed by atoms with Crippen LogP contribution in [0.5, 0.6) is 0 Å². The Morgan fingerprint density at radius 2 is 1.89 bits per heavy atom. The molecule has 2 heteroatoms. The molecule has 1 aromatic carbocycles. The summed E-state index contributed by atoms with van der Waals surface area (Å²) in [5, 5.41) is 3.49. The van der Waals surface area contributed by atoms with Crippen LogP contribution in [-0.4, -0.2) is 13.1 Å². The predicted octanol–water partition coefficient (Wildman–Crippen LogP) is 3.96. The molecule has 2 unspecified atom stereocenters. The standard InChI is InChI=1S/C16H24FN/c1-3-12(4-2)15-9-10-18-11-16(15)13-5-7-14(17)8-6-13/h5-8,12,15-16,18H,3-4,9-11H2,1-2H3. The molecule has 1 nitrogen and oxygen atoms in total.